The third-order valence-electron chi connectivity index (χ3n) is 4.17. The summed E-state index contributed by atoms with van der Waals surface area (Å²) in [5.41, 5.74) is 4.87. The second kappa shape index (κ2) is 4.21. The Labute approximate surface area is 109 Å². The smallest absolute Gasteiger partial charge is 0.0697 e. The minimum Gasteiger partial charge on any atom is -0.0697 e. The van der Waals surface area contributed by atoms with Crippen molar-refractivity contribution in [1.29, 1.82) is 0 Å². The minimum absolute atomic E-state index is 0.921. The molecule has 0 bridgehead atoms. The molecule has 1 saturated heterocycles. The average Bonchev–Trinajstić information content (AvgIpc) is 2.13. The fraction of sp³-hybridized carbons (Fsp3) is 0.571. The van der Waals surface area contributed by atoms with Gasteiger partial charge in [0.05, 0.1) is 8.07 Å². The van der Waals surface area contributed by atoms with Gasteiger partial charge in [-0.15, -0.1) is 0 Å². The Bertz CT molecular complexity index is 379. The Hall–Kier alpha value is -0.129. The lowest BCUT2D eigenvalue weighted by molar-refractivity contribution is 1.35. The van der Waals surface area contributed by atoms with Crippen LogP contribution in [0.4, 0.5) is 0 Å². The lowest BCUT2D eigenvalue weighted by Gasteiger charge is -2.48. The van der Waals surface area contributed by atoms with Crippen LogP contribution in [0.15, 0.2) is 30.3 Å². The standard InChI is InChI=1S/C14H26Si3/c1-15(2)11-16(3,4)13-17(5,12-15)14-9-7-6-8-10-14/h6-10H,11-13H2,1-5H3. The van der Waals surface area contributed by atoms with Crippen molar-refractivity contribution < 1.29 is 0 Å². The van der Waals surface area contributed by atoms with Gasteiger partial charge in [0.1, 0.15) is 0 Å². The van der Waals surface area contributed by atoms with Crippen molar-refractivity contribution in [2.45, 2.75) is 49.7 Å². The molecular weight excluding hydrogens is 252 g/mol. The van der Waals surface area contributed by atoms with Gasteiger partial charge >= 0.3 is 0 Å². The van der Waals surface area contributed by atoms with Gasteiger partial charge < -0.3 is 0 Å². The second-order valence-corrected chi connectivity index (χ2v) is 24.4. The lowest BCUT2D eigenvalue weighted by atomic mass is 10.4. The molecule has 1 aliphatic heterocycles. The predicted octanol–water partition coefficient (Wildman–Crippen LogP) is 4.02. The van der Waals surface area contributed by atoms with Gasteiger partial charge in [0.2, 0.25) is 0 Å². The zero-order chi connectivity index (χ0) is 12.7. The maximum atomic E-state index is 2.66. The molecule has 1 fully saturated rings. The summed E-state index contributed by atoms with van der Waals surface area (Å²) in [6, 6.07) is 11.5. The van der Waals surface area contributed by atoms with Gasteiger partial charge in [-0.1, -0.05) is 85.3 Å². The van der Waals surface area contributed by atoms with E-state index in [0.29, 0.717) is 0 Å². The molecule has 3 heteroatoms. The maximum Gasteiger partial charge on any atom is 0.0785 e. The topological polar surface area (TPSA) is 0 Å². The summed E-state index contributed by atoms with van der Waals surface area (Å²) in [6.07, 6.45) is 0. The van der Waals surface area contributed by atoms with Gasteiger partial charge in [0.25, 0.3) is 0 Å². The molecule has 0 amide bonds. The number of hydrogen-bond donors (Lipinski definition) is 0. The van der Waals surface area contributed by atoms with E-state index >= 15 is 0 Å². The quantitative estimate of drug-likeness (QED) is 0.681. The Morgan fingerprint density at radius 3 is 1.65 bits per heavy atom. The van der Waals surface area contributed by atoms with Crippen LogP contribution in [0.3, 0.4) is 0 Å². The van der Waals surface area contributed by atoms with Crippen LogP contribution in [-0.4, -0.2) is 24.2 Å². The van der Waals surface area contributed by atoms with E-state index in [1.807, 2.05) is 0 Å². The molecule has 0 spiro atoms. The Morgan fingerprint density at radius 2 is 1.18 bits per heavy atom. The van der Waals surface area contributed by atoms with Crippen molar-refractivity contribution in [3.8, 4) is 0 Å². The fourth-order valence-electron chi connectivity index (χ4n) is 4.64. The van der Waals surface area contributed by atoms with Crippen LogP contribution in [0.5, 0.6) is 0 Å². The van der Waals surface area contributed by atoms with Crippen LogP contribution >= 0.6 is 0 Å². The van der Waals surface area contributed by atoms with E-state index < -0.39 is 24.2 Å². The summed E-state index contributed by atoms with van der Waals surface area (Å²) in [6.45, 7) is 13.2. The highest BCUT2D eigenvalue weighted by atomic mass is 28.5. The summed E-state index contributed by atoms with van der Waals surface area (Å²) in [5.74, 6) is 0. The lowest BCUT2D eigenvalue weighted by Crippen LogP contribution is -2.62. The van der Waals surface area contributed by atoms with E-state index in [0.717, 1.165) is 0 Å². The van der Waals surface area contributed by atoms with E-state index in [1.165, 1.54) is 0 Å². The van der Waals surface area contributed by atoms with Crippen LogP contribution < -0.4 is 5.19 Å². The zero-order valence-corrected chi connectivity index (χ0v) is 15.0. The van der Waals surface area contributed by atoms with Crippen molar-refractivity contribution in [2.24, 2.45) is 0 Å². The molecule has 0 radical (unpaired) electrons. The molecule has 0 aliphatic carbocycles. The van der Waals surface area contributed by atoms with Gasteiger partial charge in [0.15, 0.2) is 0 Å². The zero-order valence-electron chi connectivity index (χ0n) is 12.0. The predicted molar refractivity (Wildman–Crippen MR) is 87.1 cm³/mol. The van der Waals surface area contributed by atoms with Crippen LogP contribution in [0, 0.1) is 0 Å². The molecule has 94 valence electrons. The summed E-state index contributed by atoms with van der Waals surface area (Å²) in [7, 11) is -3.00. The van der Waals surface area contributed by atoms with E-state index in [9.17, 15) is 0 Å². The van der Waals surface area contributed by atoms with Crippen LogP contribution in [0.1, 0.15) is 0 Å². The molecule has 1 aromatic rings. The first kappa shape index (κ1) is 13.3. The van der Waals surface area contributed by atoms with E-state index in [-0.39, 0.29) is 0 Å². The third kappa shape index (κ3) is 3.01. The Kier molecular flexibility index (Phi) is 3.30. The number of hydrogen-bond acceptors (Lipinski definition) is 0. The Morgan fingerprint density at radius 1 is 0.706 bits per heavy atom. The summed E-state index contributed by atoms with van der Waals surface area (Å²) >= 11 is 0. The molecular formula is C14H26Si3. The Balaban J connectivity index is 2.37. The molecule has 0 unspecified atom stereocenters. The van der Waals surface area contributed by atoms with E-state index in [2.05, 4.69) is 63.1 Å². The van der Waals surface area contributed by atoms with Crippen LogP contribution in [-0.2, 0) is 0 Å². The van der Waals surface area contributed by atoms with Crippen molar-refractivity contribution >= 4 is 29.4 Å². The van der Waals surface area contributed by atoms with E-state index in [1.54, 1.807) is 22.2 Å². The highest BCUT2D eigenvalue weighted by Crippen LogP contribution is 2.39. The molecule has 0 atom stereocenters. The van der Waals surface area contributed by atoms with Gasteiger partial charge in [-0.3, -0.25) is 0 Å². The monoisotopic (exact) mass is 278 g/mol. The van der Waals surface area contributed by atoms with Gasteiger partial charge in [-0.2, -0.15) is 0 Å². The first-order valence-corrected chi connectivity index (χ1v) is 16.5. The number of rotatable bonds is 1. The van der Waals surface area contributed by atoms with Crippen molar-refractivity contribution in [1.82, 2.24) is 0 Å². The SMILES string of the molecule is C[Si]1(C)C[Si](C)(C)C[Si](C)(c2ccccc2)C1. The molecule has 1 heterocycles. The van der Waals surface area contributed by atoms with Crippen molar-refractivity contribution in [3.63, 3.8) is 0 Å². The molecule has 0 nitrogen and oxygen atoms in total. The molecule has 0 aromatic heterocycles. The molecule has 17 heavy (non-hydrogen) atoms. The molecule has 1 aromatic carbocycles. The van der Waals surface area contributed by atoms with E-state index in [4.69, 9.17) is 0 Å². The van der Waals surface area contributed by atoms with Gasteiger partial charge in [-0.25, -0.2) is 0 Å². The minimum atomic E-state index is -1.16. The molecule has 2 rings (SSSR count). The highest BCUT2D eigenvalue weighted by molar-refractivity contribution is 7.16. The first-order chi connectivity index (χ1) is 7.73. The molecule has 0 N–H and O–H groups in total. The normalized spacial score (nSPS) is 25.5. The highest BCUT2D eigenvalue weighted by Gasteiger charge is 2.48. The van der Waals surface area contributed by atoms with Crippen molar-refractivity contribution in [3.05, 3.63) is 30.3 Å². The van der Waals surface area contributed by atoms with Gasteiger partial charge in [-0.05, 0) is 0 Å². The summed E-state index contributed by atoms with van der Waals surface area (Å²) < 4.78 is 0. The fourth-order valence-corrected chi connectivity index (χ4v) is 39.4. The first-order valence-electron chi connectivity index (χ1n) is 6.78. The van der Waals surface area contributed by atoms with Crippen molar-refractivity contribution in [2.75, 3.05) is 0 Å². The average molecular weight is 279 g/mol. The largest absolute Gasteiger partial charge is 0.0785 e. The van der Waals surface area contributed by atoms with Crippen LogP contribution in [0.25, 0.3) is 0 Å². The summed E-state index contributed by atoms with van der Waals surface area (Å²) in [5, 5.41) is 1.72. The summed E-state index contributed by atoms with van der Waals surface area (Å²) in [4.78, 5) is 0. The maximum absolute atomic E-state index is 2.66. The number of benzene rings is 1. The molecule has 0 saturated carbocycles. The third-order valence-corrected chi connectivity index (χ3v) is 27.4. The van der Waals surface area contributed by atoms with Gasteiger partial charge in [0, 0.05) is 16.1 Å². The second-order valence-electron chi connectivity index (χ2n) is 7.79. The van der Waals surface area contributed by atoms with Crippen LogP contribution in [0.2, 0.25) is 49.7 Å². The molecule has 1 aliphatic rings.